The van der Waals surface area contributed by atoms with Gasteiger partial charge in [0.15, 0.2) is 0 Å². The Morgan fingerprint density at radius 3 is 2.11 bits per heavy atom. The zero-order valence-electron chi connectivity index (χ0n) is 10.3. The van der Waals surface area contributed by atoms with Gasteiger partial charge in [-0.25, -0.2) is 0 Å². The van der Waals surface area contributed by atoms with Crippen molar-refractivity contribution in [2.45, 2.75) is 44.4 Å². The molecular formula is C14H17F3O. The molecule has 0 saturated heterocycles. The van der Waals surface area contributed by atoms with Crippen LogP contribution in [0.25, 0.3) is 0 Å². The molecule has 1 aliphatic carbocycles. The standard InChI is InChI=1S/C14H17F3O/c1-2-13(18,11-7-8-11)9-10-3-5-12(6-4-10)14(15,16)17/h3-6,11,18H,2,7-9H2,1H3. The average Bonchev–Trinajstić information content (AvgIpc) is 3.12. The molecule has 1 aliphatic rings. The van der Waals surface area contributed by atoms with Gasteiger partial charge in [0, 0.05) is 6.42 Å². The topological polar surface area (TPSA) is 20.2 Å². The molecule has 1 fully saturated rings. The Bertz CT molecular complexity index is 406. The van der Waals surface area contributed by atoms with Crippen LogP contribution in [0, 0.1) is 5.92 Å². The number of hydrogen-bond acceptors (Lipinski definition) is 1. The molecular weight excluding hydrogens is 241 g/mol. The van der Waals surface area contributed by atoms with Gasteiger partial charge in [0.05, 0.1) is 11.2 Å². The van der Waals surface area contributed by atoms with Crippen LogP contribution in [0.1, 0.15) is 37.3 Å². The van der Waals surface area contributed by atoms with Crippen LogP contribution in [0.4, 0.5) is 13.2 Å². The Labute approximate surface area is 105 Å². The van der Waals surface area contributed by atoms with Gasteiger partial charge in [0.2, 0.25) is 0 Å². The maximum Gasteiger partial charge on any atom is 0.416 e. The number of alkyl halides is 3. The predicted octanol–water partition coefficient (Wildman–Crippen LogP) is 3.80. The number of hydrogen-bond donors (Lipinski definition) is 1. The van der Waals surface area contributed by atoms with Crippen molar-refractivity contribution < 1.29 is 18.3 Å². The minimum atomic E-state index is -4.30. The Balaban J connectivity index is 2.10. The highest BCUT2D eigenvalue weighted by molar-refractivity contribution is 5.26. The van der Waals surface area contributed by atoms with Crippen LogP contribution < -0.4 is 0 Å². The third-order valence-electron chi connectivity index (χ3n) is 3.74. The summed E-state index contributed by atoms with van der Waals surface area (Å²) < 4.78 is 37.2. The average molecular weight is 258 g/mol. The molecule has 1 atom stereocenters. The van der Waals surface area contributed by atoms with Gasteiger partial charge in [-0.15, -0.1) is 0 Å². The van der Waals surface area contributed by atoms with Crippen molar-refractivity contribution in [3.8, 4) is 0 Å². The lowest BCUT2D eigenvalue weighted by Crippen LogP contribution is -2.33. The molecule has 1 aromatic rings. The van der Waals surface area contributed by atoms with Crippen LogP contribution in [-0.4, -0.2) is 10.7 Å². The smallest absolute Gasteiger partial charge is 0.389 e. The first-order valence-electron chi connectivity index (χ1n) is 6.23. The van der Waals surface area contributed by atoms with Gasteiger partial charge in [0.1, 0.15) is 0 Å². The van der Waals surface area contributed by atoms with E-state index in [1.165, 1.54) is 12.1 Å². The van der Waals surface area contributed by atoms with Crippen molar-refractivity contribution in [1.29, 1.82) is 0 Å². The molecule has 18 heavy (non-hydrogen) atoms. The zero-order chi connectivity index (χ0) is 13.4. The number of rotatable bonds is 4. The normalized spacial score (nSPS) is 19.6. The van der Waals surface area contributed by atoms with Gasteiger partial charge >= 0.3 is 6.18 Å². The molecule has 1 unspecified atom stereocenters. The third-order valence-corrected chi connectivity index (χ3v) is 3.74. The maximum absolute atomic E-state index is 12.4. The quantitative estimate of drug-likeness (QED) is 0.871. The summed E-state index contributed by atoms with van der Waals surface area (Å²) in [4.78, 5) is 0. The van der Waals surface area contributed by atoms with E-state index in [9.17, 15) is 18.3 Å². The van der Waals surface area contributed by atoms with Crippen LogP contribution >= 0.6 is 0 Å². The third kappa shape index (κ3) is 2.86. The van der Waals surface area contributed by atoms with E-state index in [4.69, 9.17) is 0 Å². The predicted molar refractivity (Wildman–Crippen MR) is 63.1 cm³/mol. The molecule has 0 spiro atoms. The summed E-state index contributed by atoms with van der Waals surface area (Å²) in [5.74, 6) is 0.310. The van der Waals surface area contributed by atoms with Crippen LogP contribution in [0.5, 0.6) is 0 Å². The van der Waals surface area contributed by atoms with Crippen LogP contribution in [0.3, 0.4) is 0 Å². The second-order valence-electron chi connectivity index (χ2n) is 5.10. The fraction of sp³-hybridized carbons (Fsp3) is 0.571. The molecule has 1 saturated carbocycles. The first kappa shape index (κ1) is 13.4. The van der Waals surface area contributed by atoms with Gasteiger partial charge in [-0.2, -0.15) is 13.2 Å². The van der Waals surface area contributed by atoms with Gasteiger partial charge in [0.25, 0.3) is 0 Å². The first-order chi connectivity index (χ1) is 8.35. The molecule has 1 nitrogen and oxygen atoms in total. The number of benzene rings is 1. The highest BCUT2D eigenvalue weighted by Crippen LogP contribution is 2.43. The summed E-state index contributed by atoms with van der Waals surface area (Å²) in [6.07, 6.45) is -1.18. The van der Waals surface area contributed by atoms with Gasteiger partial charge in [-0.05, 0) is 42.9 Å². The molecule has 0 amide bonds. The fourth-order valence-electron chi connectivity index (χ4n) is 2.34. The van der Waals surface area contributed by atoms with E-state index in [0.717, 1.165) is 30.5 Å². The summed E-state index contributed by atoms with van der Waals surface area (Å²) in [5, 5.41) is 10.4. The second kappa shape index (κ2) is 4.57. The van der Waals surface area contributed by atoms with Gasteiger partial charge in [-0.1, -0.05) is 19.1 Å². The Morgan fingerprint density at radius 2 is 1.72 bits per heavy atom. The highest BCUT2D eigenvalue weighted by Gasteiger charge is 2.42. The minimum absolute atomic E-state index is 0.310. The molecule has 2 rings (SSSR count). The molecule has 0 bridgehead atoms. The van der Waals surface area contributed by atoms with Crippen molar-refractivity contribution in [3.05, 3.63) is 35.4 Å². The van der Waals surface area contributed by atoms with Crippen molar-refractivity contribution in [1.82, 2.24) is 0 Å². The summed E-state index contributed by atoms with van der Waals surface area (Å²) >= 11 is 0. The number of aliphatic hydroxyl groups is 1. The lowest BCUT2D eigenvalue weighted by Gasteiger charge is -2.27. The summed E-state index contributed by atoms with van der Waals surface area (Å²) in [6, 6.07) is 5.09. The lowest BCUT2D eigenvalue weighted by molar-refractivity contribution is -0.137. The fourth-order valence-corrected chi connectivity index (χ4v) is 2.34. The molecule has 0 heterocycles. The molecule has 0 aliphatic heterocycles. The van der Waals surface area contributed by atoms with E-state index >= 15 is 0 Å². The Kier molecular flexibility index (Phi) is 3.41. The van der Waals surface area contributed by atoms with Crippen LogP contribution in [-0.2, 0) is 12.6 Å². The van der Waals surface area contributed by atoms with E-state index in [-0.39, 0.29) is 0 Å². The number of halogens is 3. The van der Waals surface area contributed by atoms with E-state index < -0.39 is 17.3 Å². The Hall–Kier alpha value is -1.03. The van der Waals surface area contributed by atoms with Crippen LogP contribution in [0.15, 0.2) is 24.3 Å². The monoisotopic (exact) mass is 258 g/mol. The van der Waals surface area contributed by atoms with Crippen molar-refractivity contribution in [3.63, 3.8) is 0 Å². The van der Waals surface area contributed by atoms with Crippen molar-refractivity contribution in [2.75, 3.05) is 0 Å². The van der Waals surface area contributed by atoms with Crippen molar-refractivity contribution in [2.24, 2.45) is 5.92 Å². The second-order valence-corrected chi connectivity index (χ2v) is 5.10. The van der Waals surface area contributed by atoms with Crippen LogP contribution in [0.2, 0.25) is 0 Å². The van der Waals surface area contributed by atoms with Crippen molar-refractivity contribution >= 4 is 0 Å². The molecule has 0 radical (unpaired) electrons. The largest absolute Gasteiger partial charge is 0.416 e. The lowest BCUT2D eigenvalue weighted by atomic mass is 9.87. The zero-order valence-corrected chi connectivity index (χ0v) is 10.3. The van der Waals surface area contributed by atoms with E-state index in [2.05, 4.69) is 0 Å². The molecule has 1 N–H and O–H groups in total. The molecule has 100 valence electrons. The Morgan fingerprint density at radius 1 is 1.17 bits per heavy atom. The molecule has 4 heteroatoms. The minimum Gasteiger partial charge on any atom is -0.389 e. The summed E-state index contributed by atoms with van der Waals surface area (Å²) in [6.45, 7) is 1.92. The van der Waals surface area contributed by atoms with Gasteiger partial charge in [-0.3, -0.25) is 0 Å². The first-order valence-corrected chi connectivity index (χ1v) is 6.23. The summed E-state index contributed by atoms with van der Waals surface area (Å²) in [7, 11) is 0. The van der Waals surface area contributed by atoms with Gasteiger partial charge < -0.3 is 5.11 Å². The van der Waals surface area contributed by atoms with E-state index in [1.807, 2.05) is 6.92 Å². The van der Waals surface area contributed by atoms with E-state index in [0.29, 0.717) is 18.8 Å². The molecule has 0 aromatic heterocycles. The highest BCUT2D eigenvalue weighted by atomic mass is 19.4. The maximum atomic E-state index is 12.4. The SMILES string of the molecule is CCC(O)(Cc1ccc(C(F)(F)F)cc1)C1CC1. The molecule has 1 aromatic carbocycles. The van der Waals surface area contributed by atoms with E-state index in [1.54, 1.807) is 0 Å². The summed E-state index contributed by atoms with van der Waals surface area (Å²) in [5.41, 5.74) is -0.628.